The van der Waals surface area contributed by atoms with Crippen molar-refractivity contribution in [3.63, 3.8) is 0 Å². The zero-order valence-electron chi connectivity index (χ0n) is 10.4. The van der Waals surface area contributed by atoms with Gasteiger partial charge in [-0.15, -0.1) is 0 Å². The molecule has 0 unspecified atom stereocenters. The van der Waals surface area contributed by atoms with Crippen LogP contribution in [0.1, 0.15) is 12.2 Å². The number of ether oxygens (including phenoxy) is 1. The molecule has 110 valence electrons. The Balaban J connectivity index is 2.53. The van der Waals surface area contributed by atoms with Crippen LogP contribution in [-0.2, 0) is 27.3 Å². The highest BCUT2D eigenvalue weighted by Crippen LogP contribution is 2.27. The summed E-state index contributed by atoms with van der Waals surface area (Å²) in [6.07, 6.45) is -2.20. The zero-order valence-corrected chi connectivity index (χ0v) is 11.2. The molecule has 0 aromatic carbocycles. The number of sulfone groups is 1. The Labute approximate surface area is 109 Å². The smallest absolute Gasteiger partial charge is 0.384 e. The first kappa shape index (κ1) is 16.0. The zero-order chi connectivity index (χ0) is 14.5. The molecule has 0 aliphatic heterocycles. The third kappa shape index (κ3) is 5.19. The van der Waals surface area contributed by atoms with Crippen LogP contribution in [0.25, 0.3) is 0 Å². The average Bonchev–Trinajstić information content (AvgIpc) is 2.74. The van der Waals surface area contributed by atoms with Crippen molar-refractivity contribution in [3.05, 3.63) is 18.2 Å². The molecule has 1 heterocycles. The molecule has 0 saturated heterocycles. The fourth-order valence-corrected chi connectivity index (χ4v) is 2.71. The first-order valence-corrected chi connectivity index (χ1v) is 7.36. The maximum absolute atomic E-state index is 12.5. The maximum Gasteiger partial charge on any atom is 0.449 e. The number of aryl methyl sites for hydroxylation is 1. The highest BCUT2D eigenvalue weighted by Gasteiger charge is 2.35. The lowest BCUT2D eigenvalue weighted by Crippen LogP contribution is -2.18. The summed E-state index contributed by atoms with van der Waals surface area (Å²) in [5.74, 6) is -1.31. The Kier molecular flexibility index (Phi) is 5.36. The van der Waals surface area contributed by atoms with E-state index in [0.717, 1.165) is 10.8 Å². The van der Waals surface area contributed by atoms with Gasteiger partial charge in [-0.2, -0.15) is 13.2 Å². The van der Waals surface area contributed by atoms with E-state index in [1.165, 1.54) is 13.3 Å². The molecule has 1 aromatic heterocycles. The number of hydrogen-bond donors (Lipinski definition) is 0. The van der Waals surface area contributed by atoms with E-state index in [9.17, 15) is 21.6 Å². The number of imidazole rings is 1. The van der Waals surface area contributed by atoms with Crippen molar-refractivity contribution in [1.29, 1.82) is 0 Å². The normalized spacial score (nSPS) is 12.8. The lowest BCUT2D eigenvalue weighted by atomic mass is 10.4. The van der Waals surface area contributed by atoms with E-state index in [0.29, 0.717) is 0 Å². The van der Waals surface area contributed by atoms with Gasteiger partial charge in [-0.25, -0.2) is 13.4 Å². The van der Waals surface area contributed by atoms with E-state index in [1.807, 2.05) is 0 Å². The van der Waals surface area contributed by atoms with Crippen LogP contribution in [-0.4, -0.2) is 43.2 Å². The van der Waals surface area contributed by atoms with E-state index in [2.05, 4.69) is 9.72 Å². The molecule has 0 saturated carbocycles. The number of alkyl halides is 3. The van der Waals surface area contributed by atoms with Crippen LogP contribution in [0.15, 0.2) is 12.4 Å². The topological polar surface area (TPSA) is 61.2 Å². The number of aromatic nitrogens is 2. The van der Waals surface area contributed by atoms with Crippen molar-refractivity contribution in [1.82, 2.24) is 9.55 Å². The number of nitrogens with zero attached hydrogens (tertiary/aromatic N) is 2. The van der Waals surface area contributed by atoms with Gasteiger partial charge in [0.1, 0.15) is 0 Å². The molecule has 1 aromatic rings. The molecule has 0 spiro atoms. The summed E-state index contributed by atoms with van der Waals surface area (Å²) in [4.78, 5) is 3.22. The van der Waals surface area contributed by atoms with Gasteiger partial charge in [0.2, 0.25) is 5.82 Å². The third-order valence-corrected chi connectivity index (χ3v) is 4.12. The second-order valence-electron chi connectivity index (χ2n) is 3.94. The lowest BCUT2D eigenvalue weighted by Gasteiger charge is -2.10. The average molecular weight is 300 g/mol. The number of methoxy groups -OCH3 is 1. The Bertz CT molecular complexity index is 496. The Morgan fingerprint density at radius 2 is 2.05 bits per heavy atom. The lowest BCUT2D eigenvalue weighted by molar-refractivity contribution is -0.147. The summed E-state index contributed by atoms with van der Waals surface area (Å²) >= 11 is 0. The fraction of sp³-hybridized carbons (Fsp3) is 0.700. The first-order chi connectivity index (χ1) is 8.76. The second-order valence-corrected chi connectivity index (χ2v) is 6.24. The number of hydrogen-bond acceptors (Lipinski definition) is 4. The summed E-state index contributed by atoms with van der Waals surface area (Å²) in [6, 6.07) is 0. The fourth-order valence-electron chi connectivity index (χ4n) is 1.51. The van der Waals surface area contributed by atoms with Gasteiger partial charge >= 0.3 is 6.18 Å². The highest BCUT2D eigenvalue weighted by atomic mass is 32.2. The van der Waals surface area contributed by atoms with E-state index in [1.54, 1.807) is 0 Å². The minimum atomic E-state index is -4.53. The molecule has 0 radical (unpaired) electrons. The van der Waals surface area contributed by atoms with E-state index in [-0.39, 0.29) is 31.1 Å². The van der Waals surface area contributed by atoms with Gasteiger partial charge < -0.3 is 9.30 Å². The molecular weight excluding hydrogens is 285 g/mol. The SMILES string of the molecule is COCCS(=O)(=O)CCCn1ccnc1C(F)(F)F. The van der Waals surface area contributed by atoms with Crippen LogP contribution in [0.2, 0.25) is 0 Å². The molecule has 0 amide bonds. The van der Waals surface area contributed by atoms with Crippen LogP contribution < -0.4 is 0 Å². The van der Waals surface area contributed by atoms with Crippen LogP contribution in [0.3, 0.4) is 0 Å². The van der Waals surface area contributed by atoms with Crippen molar-refractivity contribution >= 4 is 9.84 Å². The second kappa shape index (κ2) is 6.38. The third-order valence-electron chi connectivity index (χ3n) is 2.42. The number of rotatable bonds is 7. The molecule has 19 heavy (non-hydrogen) atoms. The first-order valence-electron chi connectivity index (χ1n) is 5.54. The summed E-state index contributed by atoms with van der Waals surface area (Å²) in [6.45, 7) is 0.0439. The molecule has 0 bridgehead atoms. The summed E-state index contributed by atoms with van der Waals surface area (Å²) < 4.78 is 66.0. The standard InChI is InChI=1S/C10H15F3N2O3S/c1-18-6-8-19(16,17)7-2-4-15-5-3-14-9(15)10(11,12)13/h3,5H,2,4,6-8H2,1H3. The monoisotopic (exact) mass is 300 g/mol. The summed E-state index contributed by atoms with van der Waals surface area (Å²) in [7, 11) is -1.90. The van der Waals surface area contributed by atoms with Crippen molar-refractivity contribution < 1.29 is 26.3 Å². The van der Waals surface area contributed by atoms with Crippen LogP contribution >= 0.6 is 0 Å². The van der Waals surface area contributed by atoms with E-state index < -0.39 is 21.8 Å². The van der Waals surface area contributed by atoms with Gasteiger partial charge in [0.15, 0.2) is 9.84 Å². The molecule has 0 N–H and O–H groups in total. The van der Waals surface area contributed by atoms with Crippen LogP contribution in [0, 0.1) is 0 Å². The quantitative estimate of drug-likeness (QED) is 0.762. The maximum atomic E-state index is 12.5. The van der Waals surface area contributed by atoms with Gasteiger partial charge in [-0.3, -0.25) is 0 Å². The summed E-state index contributed by atoms with van der Waals surface area (Å²) in [5, 5.41) is 0. The van der Waals surface area contributed by atoms with E-state index in [4.69, 9.17) is 0 Å². The van der Waals surface area contributed by atoms with Gasteiger partial charge in [-0.05, 0) is 6.42 Å². The molecule has 0 fully saturated rings. The van der Waals surface area contributed by atoms with Crippen LogP contribution in [0.5, 0.6) is 0 Å². The Morgan fingerprint density at radius 1 is 1.37 bits per heavy atom. The number of halogens is 3. The molecule has 0 aliphatic carbocycles. The summed E-state index contributed by atoms with van der Waals surface area (Å²) in [5.41, 5.74) is 0. The van der Waals surface area contributed by atoms with Crippen molar-refractivity contribution in [2.24, 2.45) is 0 Å². The molecule has 1 rings (SSSR count). The van der Waals surface area contributed by atoms with Gasteiger partial charge in [-0.1, -0.05) is 0 Å². The van der Waals surface area contributed by atoms with Crippen molar-refractivity contribution in [3.8, 4) is 0 Å². The predicted molar refractivity (Wildman–Crippen MR) is 62.4 cm³/mol. The van der Waals surface area contributed by atoms with Crippen molar-refractivity contribution in [2.45, 2.75) is 19.1 Å². The Hall–Kier alpha value is -1.09. The highest BCUT2D eigenvalue weighted by molar-refractivity contribution is 7.91. The Morgan fingerprint density at radius 3 is 2.63 bits per heavy atom. The van der Waals surface area contributed by atoms with E-state index >= 15 is 0 Å². The van der Waals surface area contributed by atoms with Gasteiger partial charge in [0.05, 0.1) is 18.1 Å². The molecular formula is C10H15F3N2O3S. The van der Waals surface area contributed by atoms with Crippen molar-refractivity contribution in [2.75, 3.05) is 25.2 Å². The van der Waals surface area contributed by atoms with Gasteiger partial charge in [0, 0.05) is 26.0 Å². The molecule has 9 heteroatoms. The predicted octanol–water partition coefficient (Wildman–Crippen LogP) is 1.35. The minimum Gasteiger partial charge on any atom is -0.384 e. The largest absolute Gasteiger partial charge is 0.449 e. The van der Waals surface area contributed by atoms with Gasteiger partial charge in [0.25, 0.3) is 0 Å². The van der Waals surface area contributed by atoms with Crippen LogP contribution in [0.4, 0.5) is 13.2 Å². The molecule has 5 nitrogen and oxygen atoms in total. The molecule has 0 atom stereocenters. The molecule has 0 aliphatic rings. The minimum absolute atomic E-state index is 0.0406.